The number of benzene rings is 1. The second-order valence-electron chi connectivity index (χ2n) is 9.97. The third kappa shape index (κ3) is 2.82. The Balaban J connectivity index is 1.39. The Morgan fingerprint density at radius 1 is 0.962 bits per heavy atom. The van der Waals surface area contributed by atoms with Gasteiger partial charge in [-0.05, 0) is 87.0 Å². The molecule has 140 valence electrons. The maximum atomic E-state index is 6.11. The van der Waals surface area contributed by atoms with E-state index in [2.05, 4.69) is 35.6 Å². The van der Waals surface area contributed by atoms with Crippen LogP contribution < -0.4 is 11.1 Å². The summed E-state index contributed by atoms with van der Waals surface area (Å²) in [5.74, 6) is 1.74. The van der Waals surface area contributed by atoms with Crippen molar-refractivity contribution in [2.75, 3.05) is 0 Å². The van der Waals surface area contributed by atoms with E-state index in [9.17, 15) is 0 Å². The highest BCUT2D eigenvalue weighted by molar-refractivity contribution is 7.80. The lowest BCUT2D eigenvalue weighted by atomic mass is 9.43. The Hall–Kier alpha value is -0.930. The summed E-state index contributed by atoms with van der Waals surface area (Å²) >= 11 is 6.11. The molecule has 2 atom stereocenters. The van der Waals surface area contributed by atoms with Crippen molar-refractivity contribution in [3.8, 4) is 0 Å². The number of nitrogens with two attached hydrogens (primary N) is 1. The number of nitrogens with one attached hydrogen (secondary N) is 1. The highest BCUT2D eigenvalue weighted by atomic mass is 32.1. The lowest BCUT2D eigenvalue weighted by Crippen LogP contribution is -2.59. The predicted molar refractivity (Wildman–Crippen MR) is 111 cm³/mol. The van der Waals surface area contributed by atoms with Crippen LogP contribution >= 0.6 is 12.2 Å². The Bertz CT molecular complexity index is 663. The molecule has 1 aromatic carbocycles. The van der Waals surface area contributed by atoms with Crippen LogP contribution in [0.15, 0.2) is 30.3 Å². The Morgan fingerprint density at radius 3 is 2.27 bits per heavy atom. The van der Waals surface area contributed by atoms with E-state index in [1.54, 1.807) is 5.56 Å². The van der Waals surface area contributed by atoms with E-state index in [1.807, 2.05) is 0 Å². The third-order valence-electron chi connectivity index (χ3n) is 8.04. The summed E-state index contributed by atoms with van der Waals surface area (Å²) in [4.78, 5) is 1.20. The lowest BCUT2D eigenvalue weighted by Gasteiger charge is -2.62. The molecule has 5 fully saturated rings. The van der Waals surface area contributed by atoms with Gasteiger partial charge in [0.2, 0.25) is 0 Å². The normalized spacial score (nSPS) is 44.0. The first kappa shape index (κ1) is 17.2. The molecule has 5 aliphatic rings. The van der Waals surface area contributed by atoms with Crippen LogP contribution in [-0.2, 0) is 5.41 Å². The van der Waals surface area contributed by atoms with E-state index in [4.69, 9.17) is 18.0 Å². The fourth-order valence-electron chi connectivity index (χ4n) is 7.26. The van der Waals surface area contributed by atoms with Crippen molar-refractivity contribution in [2.24, 2.45) is 23.0 Å². The summed E-state index contributed by atoms with van der Waals surface area (Å²) in [6.45, 7) is 0. The molecule has 0 amide bonds. The van der Waals surface area contributed by atoms with Crippen LogP contribution in [0.5, 0.6) is 0 Å². The molecule has 3 heteroatoms. The molecule has 3 N–H and O–H groups in total. The van der Waals surface area contributed by atoms with Crippen LogP contribution in [0.3, 0.4) is 0 Å². The summed E-state index contributed by atoms with van der Waals surface area (Å²) in [5, 5.41) is 3.84. The van der Waals surface area contributed by atoms with Gasteiger partial charge in [0.15, 0.2) is 0 Å². The molecule has 1 aromatic rings. The summed E-state index contributed by atoms with van der Waals surface area (Å²) in [7, 11) is 0. The van der Waals surface area contributed by atoms with Gasteiger partial charge >= 0.3 is 0 Å². The van der Waals surface area contributed by atoms with E-state index in [0.717, 1.165) is 24.7 Å². The van der Waals surface area contributed by atoms with Gasteiger partial charge < -0.3 is 11.1 Å². The SMILES string of the molecule is N[C@H]1CC[C@H](NC(=S)C23CC4CC(C2)CC(c2ccccc2)(C4)C3)CC1. The second kappa shape index (κ2) is 6.31. The molecule has 5 aliphatic carbocycles. The Labute approximate surface area is 163 Å². The smallest absolute Gasteiger partial charge is 0.0818 e. The molecular formula is C23H32N2S. The highest BCUT2D eigenvalue weighted by Gasteiger charge is 2.59. The summed E-state index contributed by atoms with van der Waals surface area (Å²) in [6, 6.07) is 12.3. The summed E-state index contributed by atoms with van der Waals surface area (Å²) in [5.41, 5.74) is 8.31. The molecule has 0 spiro atoms. The van der Waals surface area contributed by atoms with Gasteiger partial charge in [-0.1, -0.05) is 42.5 Å². The highest BCUT2D eigenvalue weighted by Crippen LogP contribution is 2.66. The quantitative estimate of drug-likeness (QED) is 0.759. The number of rotatable bonds is 3. The first-order valence-corrected chi connectivity index (χ1v) is 11.1. The van der Waals surface area contributed by atoms with Crippen molar-refractivity contribution in [3.05, 3.63) is 35.9 Å². The Kier molecular flexibility index (Phi) is 4.17. The minimum absolute atomic E-state index is 0.259. The van der Waals surface area contributed by atoms with Gasteiger partial charge in [0, 0.05) is 17.5 Å². The first-order valence-electron chi connectivity index (χ1n) is 10.7. The van der Waals surface area contributed by atoms with E-state index >= 15 is 0 Å². The van der Waals surface area contributed by atoms with E-state index < -0.39 is 0 Å². The number of thiocarbonyl (C=S) groups is 1. The zero-order chi connectivity index (χ0) is 17.8. The topological polar surface area (TPSA) is 38.0 Å². The summed E-state index contributed by atoms with van der Waals surface area (Å²) in [6.07, 6.45) is 12.8. The minimum Gasteiger partial charge on any atom is -0.376 e. The van der Waals surface area contributed by atoms with Gasteiger partial charge in [0.1, 0.15) is 0 Å². The van der Waals surface area contributed by atoms with Gasteiger partial charge in [-0.3, -0.25) is 0 Å². The molecular weight excluding hydrogens is 336 g/mol. The Morgan fingerprint density at radius 2 is 1.62 bits per heavy atom. The number of hydrogen-bond acceptors (Lipinski definition) is 2. The van der Waals surface area contributed by atoms with Crippen LogP contribution in [0.4, 0.5) is 0 Å². The van der Waals surface area contributed by atoms with E-state index in [-0.39, 0.29) is 5.41 Å². The monoisotopic (exact) mass is 368 g/mol. The zero-order valence-corrected chi connectivity index (χ0v) is 16.6. The molecule has 2 unspecified atom stereocenters. The van der Waals surface area contributed by atoms with Crippen LogP contribution in [0.1, 0.15) is 69.8 Å². The molecule has 26 heavy (non-hydrogen) atoms. The maximum absolute atomic E-state index is 6.11. The van der Waals surface area contributed by atoms with Gasteiger partial charge in [-0.2, -0.15) is 0 Å². The molecule has 6 rings (SSSR count). The fraction of sp³-hybridized carbons (Fsp3) is 0.696. The van der Waals surface area contributed by atoms with E-state index in [0.29, 0.717) is 17.5 Å². The van der Waals surface area contributed by atoms with Gasteiger partial charge in [-0.15, -0.1) is 0 Å². The molecule has 5 saturated carbocycles. The molecule has 0 aliphatic heterocycles. The molecule has 2 nitrogen and oxygen atoms in total. The predicted octanol–water partition coefficient (Wildman–Crippen LogP) is 4.71. The van der Waals surface area contributed by atoms with Crippen LogP contribution in [-0.4, -0.2) is 17.1 Å². The standard InChI is InChI=1S/C23H32N2S/c24-19-6-8-20(9-7-19)25-21(26)23-13-16-10-17(14-23)12-22(11-16,15-23)18-4-2-1-3-5-18/h1-5,16-17,19-20H,6-15,24H2,(H,25,26)/t16?,17?,19-,20-,22?,23?. The molecule has 4 bridgehead atoms. The maximum Gasteiger partial charge on any atom is 0.0818 e. The van der Waals surface area contributed by atoms with Crippen LogP contribution in [0.2, 0.25) is 0 Å². The molecule has 0 saturated heterocycles. The van der Waals surface area contributed by atoms with Crippen molar-refractivity contribution < 1.29 is 0 Å². The third-order valence-corrected chi connectivity index (χ3v) is 8.59. The van der Waals surface area contributed by atoms with E-state index in [1.165, 1.54) is 56.4 Å². The average molecular weight is 369 g/mol. The fourth-order valence-corrected chi connectivity index (χ4v) is 7.67. The van der Waals surface area contributed by atoms with Crippen molar-refractivity contribution in [3.63, 3.8) is 0 Å². The van der Waals surface area contributed by atoms with Crippen LogP contribution in [0, 0.1) is 17.3 Å². The zero-order valence-electron chi connectivity index (χ0n) is 15.8. The van der Waals surface area contributed by atoms with Crippen LogP contribution in [0.25, 0.3) is 0 Å². The molecule has 0 radical (unpaired) electrons. The second-order valence-corrected chi connectivity index (χ2v) is 10.4. The summed E-state index contributed by atoms with van der Waals surface area (Å²) < 4.78 is 0. The number of hydrogen-bond donors (Lipinski definition) is 2. The first-order chi connectivity index (χ1) is 12.6. The van der Waals surface area contributed by atoms with Crippen molar-refractivity contribution in [1.82, 2.24) is 5.32 Å². The largest absolute Gasteiger partial charge is 0.376 e. The van der Waals surface area contributed by atoms with Crippen molar-refractivity contribution >= 4 is 17.2 Å². The van der Waals surface area contributed by atoms with Gasteiger partial charge in [0.25, 0.3) is 0 Å². The lowest BCUT2D eigenvalue weighted by molar-refractivity contribution is -0.0355. The molecule has 0 heterocycles. The van der Waals surface area contributed by atoms with Crippen molar-refractivity contribution in [2.45, 2.75) is 81.7 Å². The molecule has 0 aromatic heterocycles. The van der Waals surface area contributed by atoms with Gasteiger partial charge in [-0.25, -0.2) is 0 Å². The average Bonchev–Trinajstić information content (AvgIpc) is 2.63. The minimum atomic E-state index is 0.259. The van der Waals surface area contributed by atoms with Crippen molar-refractivity contribution in [1.29, 1.82) is 0 Å². The van der Waals surface area contributed by atoms with Gasteiger partial charge in [0.05, 0.1) is 4.99 Å².